The van der Waals surface area contributed by atoms with Crippen molar-refractivity contribution in [1.29, 1.82) is 0 Å². The third-order valence-electron chi connectivity index (χ3n) is 4.47. The van der Waals surface area contributed by atoms with E-state index < -0.39 is 11.6 Å². The lowest BCUT2D eigenvalue weighted by molar-refractivity contribution is 0.0734. The number of nitrogens with zero attached hydrogens (tertiary/aromatic N) is 1. The van der Waals surface area contributed by atoms with Crippen molar-refractivity contribution in [1.82, 2.24) is 4.98 Å². The van der Waals surface area contributed by atoms with Crippen molar-refractivity contribution in [2.24, 2.45) is 0 Å². The molecule has 0 saturated heterocycles. The molecule has 0 aliphatic heterocycles. The third kappa shape index (κ3) is 3.73. The molecular formula is C23H17NO5. The van der Waals surface area contributed by atoms with E-state index in [2.05, 4.69) is 4.98 Å². The van der Waals surface area contributed by atoms with Crippen LogP contribution in [0.3, 0.4) is 0 Å². The number of hydrogen-bond donors (Lipinski definition) is 0. The van der Waals surface area contributed by atoms with Crippen molar-refractivity contribution < 1.29 is 18.7 Å². The Morgan fingerprint density at radius 3 is 2.59 bits per heavy atom. The van der Waals surface area contributed by atoms with E-state index in [1.165, 1.54) is 13.3 Å². The Balaban J connectivity index is 1.91. The molecule has 0 bridgehead atoms. The average molecular weight is 387 g/mol. The number of aromatic nitrogens is 1. The van der Waals surface area contributed by atoms with Crippen LogP contribution in [0.2, 0.25) is 0 Å². The molecule has 0 aliphatic carbocycles. The molecule has 0 fully saturated rings. The number of benzene rings is 2. The summed E-state index contributed by atoms with van der Waals surface area (Å²) >= 11 is 0. The van der Waals surface area contributed by atoms with Crippen LogP contribution in [0.1, 0.15) is 21.5 Å². The van der Waals surface area contributed by atoms with Crippen LogP contribution in [-0.4, -0.2) is 18.1 Å². The molecule has 0 spiro atoms. The summed E-state index contributed by atoms with van der Waals surface area (Å²) in [6.45, 7) is 0. The standard InChI is InChI=1S/C23H17NO5/c1-27-18-10-5-11-19-20(18)21(29-22(25)16-9-6-12-24-14-16)17(23(26)28-19)13-15-7-3-2-4-8-15/h2-12,14H,13H2,1H3. The molecule has 6 nitrogen and oxygen atoms in total. The number of fused-ring (bicyclic) bond motifs is 1. The molecule has 4 aromatic rings. The average Bonchev–Trinajstić information content (AvgIpc) is 2.76. The number of ether oxygens (including phenoxy) is 2. The van der Waals surface area contributed by atoms with E-state index in [4.69, 9.17) is 13.9 Å². The maximum absolute atomic E-state index is 12.8. The molecule has 29 heavy (non-hydrogen) atoms. The fourth-order valence-electron chi connectivity index (χ4n) is 3.10. The summed E-state index contributed by atoms with van der Waals surface area (Å²) in [4.78, 5) is 29.4. The van der Waals surface area contributed by atoms with Gasteiger partial charge in [-0.2, -0.15) is 0 Å². The van der Waals surface area contributed by atoms with E-state index >= 15 is 0 Å². The predicted molar refractivity (Wildman–Crippen MR) is 107 cm³/mol. The second-order valence-corrected chi connectivity index (χ2v) is 6.32. The lowest BCUT2D eigenvalue weighted by Crippen LogP contribution is -2.16. The minimum Gasteiger partial charge on any atom is -0.496 e. The summed E-state index contributed by atoms with van der Waals surface area (Å²) in [6, 6.07) is 17.7. The van der Waals surface area contributed by atoms with E-state index in [1.54, 1.807) is 36.5 Å². The van der Waals surface area contributed by atoms with Gasteiger partial charge in [0.05, 0.1) is 18.2 Å². The summed E-state index contributed by atoms with van der Waals surface area (Å²) < 4.78 is 16.7. The zero-order valence-electron chi connectivity index (χ0n) is 15.6. The number of carbonyl (C=O) groups is 1. The Bertz CT molecular complexity index is 1220. The van der Waals surface area contributed by atoms with E-state index in [9.17, 15) is 9.59 Å². The first-order chi connectivity index (χ1) is 14.2. The van der Waals surface area contributed by atoms with Crippen molar-refractivity contribution >= 4 is 16.9 Å². The quantitative estimate of drug-likeness (QED) is 0.380. The van der Waals surface area contributed by atoms with Gasteiger partial charge >= 0.3 is 11.6 Å². The highest BCUT2D eigenvalue weighted by atomic mass is 16.5. The van der Waals surface area contributed by atoms with Crippen LogP contribution in [0, 0.1) is 0 Å². The summed E-state index contributed by atoms with van der Waals surface area (Å²) in [7, 11) is 1.50. The Morgan fingerprint density at radius 1 is 1.03 bits per heavy atom. The van der Waals surface area contributed by atoms with Crippen molar-refractivity contribution in [2.75, 3.05) is 7.11 Å². The summed E-state index contributed by atoms with van der Waals surface area (Å²) in [5, 5.41) is 0.428. The van der Waals surface area contributed by atoms with Crippen molar-refractivity contribution in [3.8, 4) is 11.5 Å². The van der Waals surface area contributed by atoms with Crippen LogP contribution < -0.4 is 15.1 Å². The smallest absolute Gasteiger partial charge is 0.345 e. The van der Waals surface area contributed by atoms with Gasteiger partial charge in [-0.25, -0.2) is 9.59 Å². The SMILES string of the molecule is COc1cccc2oc(=O)c(Cc3ccccc3)c(OC(=O)c3cccnc3)c12. The van der Waals surface area contributed by atoms with E-state index in [0.29, 0.717) is 11.1 Å². The van der Waals surface area contributed by atoms with Crippen LogP contribution >= 0.6 is 0 Å². The van der Waals surface area contributed by atoms with Gasteiger partial charge in [0.1, 0.15) is 16.7 Å². The van der Waals surface area contributed by atoms with E-state index in [-0.39, 0.29) is 28.9 Å². The molecule has 0 aliphatic rings. The minimum absolute atomic E-state index is 0.131. The van der Waals surface area contributed by atoms with Gasteiger partial charge in [0.2, 0.25) is 0 Å². The minimum atomic E-state index is -0.620. The molecule has 0 saturated carbocycles. The lowest BCUT2D eigenvalue weighted by Gasteiger charge is -2.14. The molecular weight excluding hydrogens is 370 g/mol. The third-order valence-corrected chi connectivity index (χ3v) is 4.47. The van der Waals surface area contributed by atoms with Crippen LogP contribution in [-0.2, 0) is 6.42 Å². The van der Waals surface area contributed by atoms with Crippen molar-refractivity contribution in [3.05, 3.63) is 100 Å². The Hall–Kier alpha value is -3.93. The van der Waals surface area contributed by atoms with Crippen molar-refractivity contribution in [2.45, 2.75) is 6.42 Å². The second-order valence-electron chi connectivity index (χ2n) is 6.32. The monoisotopic (exact) mass is 387 g/mol. The maximum atomic E-state index is 12.8. The molecule has 0 atom stereocenters. The van der Waals surface area contributed by atoms with Crippen LogP contribution in [0.15, 0.2) is 82.3 Å². The molecule has 0 unspecified atom stereocenters. The largest absolute Gasteiger partial charge is 0.496 e. The first-order valence-electron chi connectivity index (χ1n) is 8.96. The van der Waals surface area contributed by atoms with Crippen LogP contribution in [0.4, 0.5) is 0 Å². The highest BCUT2D eigenvalue weighted by molar-refractivity contribution is 5.96. The van der Waals surface area contributed by atoms with Gasteiger partial charge in [0, 0.05) is 18.8 Å². The molecule has 0 amide bonds. The Labute approximate surface area is 166 Å². The van der Waals surface area contributed by atoms with Gasteiger partial charge in [-0.1, -0.05) is 36.4 Å². The first kappa shape index (κ1) is 18.4. The highest BCUT2D eigenvalue weighted by Gasteiger charge is 2.22. The first-order valence-corrected chi connectivity index (χ1v) is 8.96. The van der Waals surface area contributed by atoms with Crippen molar-refractivity contribution in [3.63, 3.8) is 0 Å². The van der Waals surface area contributed by atoms with Gasteiger partial charge in [0.15, 0.2) is 5.75 Å². The fraction of sp³-hybridized carbons (Fsp3) is 0.0870. The number of hydrogen-bond acceptors (Lipinski definition) is 6. The maximum Gasteiger partial charge on any atom is 0.345 e. The van der Waals surface area contributed by atoms with E-state index in [0.717, 1.165) is 5.56 Å². The molecule has 144 valence electrons. The zero-order chi connectivity index (χ0) is 20.2. The molecule has 2 aromatic heterocycles. The second kappa shape index (κ2) is 7.98. The van der Waals surface area contributed by atoms with Gasteiger partial charge in [-0.3, -0.25) is 4.98 Å². The fourth-order valence-corrected chi connectivity index (χ4v) is 3.10. The zero-order valence-corrected chi connectivity index (χ0v) is 15.6. The molecule has 0 radical (unpaired) electrons. The summed E-state index contributed by atoms with van der Waals surface area (Å²) in [5.74, 6) is -0.0498. The molecule has 2 aromatic carbocycles. The van der Waals surface area contributed by atoms with Gasteiger partial charge in [0.25, 0.3) is 0 Å². The summed E-state index contributed by atoms with van der Waals surface area (Å²) in [6.07, 6.45) is 3.21. The van der Waals surface area contributed by atoms with Gasteiger partial charge in [-0.05, 0) is 29.8 Å². The molecule has 2 heterocycles. The molecule has 0 N–H and O–H groups in total. The van der Waals surface area contributed by atoms with Crippen LogP contribution in [0.5, 0.6) is 11.5 Å². The highest BCUT2D eigenvalue weighted by Crippen LogP contribution is 2.36. The Morgan fingerprint density at radius 2 is 1.86 bits per heavy atom. The number of rotatable bonds is 5. The van der Waals surface area contributed by atoms with E-state index in [1.807, 2.05) is 30.3 Å². The number of carbonyl (C=O) groups excluding carboxylic acids is 1. The Kier molecular flexibility index (Phi) is 5.07. The van der Waals surface area contributed by atoms with Gasteiger partial charge < -0.3 is 13.9 Å². The van der Waals surface area contributed by atoms with Gasteiger partial charge in [-0.15, -0.1) is 0 Å². The summed E-state index contributed by atoms with van der Waals surface area (Å²) in [5.41, 5.74) is 1.11. The number of pyridine rings is 1. The number of esters is 1. The lowest BCUT2D eigenvalue weighted by atomic mass is 10.0. The molecule has 6 heteroatoms. The normalized spacial score (nSPS) is 10.7. The topological polar surface area (TPSA) is 78.6 Å². The molecule has 4 rings (SSSR count). The van der Waals surface area contributed by atoms with Crippen LogP contribution in [0.25, 0.3) is 11.0 Å². The number of methoxy groups -OCH3 is 1. The predicted octanol–water partition coefficient (Wildman–Crippen LogP) is 4.01.